The number of ether oxygens (including phenoxy) is 3. The van der Waals surface area contributed by atoms with Crippen molar-refractivity contribution >= 4 is 0 Å². The lowest BCUT2D eigenvalue weighted by Gasteiger charge is -2.26. The molecule has 0 unspecified atom stereocenters. The number of hydrogen-bond acceptors (Lipinski definition) is 4. The van der Waals surface area contributed by atoms with Gasteiger partial charge in [0.2, 0.25) is 0 Å². The van der Waals surface area contributed by atoms with Gasteiger partial charge >= 0.3 is 0 Å². The molecule has 1 N–H and O–H groups in total. The number of hydrogen-bond donors (Lipinski definition) is 1. The van der Waals surface area contributed by atoms with Gasteiger partial charge in [-0.15, -0.1) is 0 Å². The van der Waals surface area contributed by atoms with Crippen LogP contribution >= 0.6 is 0 Å². The van der Waals surface area contributed by atoms with Crippen LogP contribution in [0.4, 0.5) is 0 Å². The number of rotatable bonds is 4. The largest absolute Gasteiger partial charge is 0.498 e. The summed E-state index contributed by atoms with van der Waals surface area (Å²) in [6.45, 7) is 0. The van der Waals surface area contributed by atoms with Gasteiger partial charge in [-0.3, -0.25) is 0 Å². The molecule has 0 saturated heterocycles. The van der Waals surface area contributed by atoms with Crippen molar-refractivity contribution in [2.75, 3.05) is 21.3 Å². The minimum Gasteiger partial charge on any atom is -0.498 e. The van der Waals surface area contributed by atoms with Crippen molar-refractivity contribution in [3.63, 3.8) is 0 Å². The highest BCUT2D eigenvalue weighted by Crippen LogP contribution is 2.20. The molecule has 0 amide bonds. The Hall–Kier alpha value is -1.00. The zero-order valence-corrected chi connectivity index (χ0v) is 8.03. The van der Waals surface area contributed by atoms with Crippen LogP contribution in [0.2, 0.25) is 0 Å². The monoisotopic (exact) mass is 184 g/mol. The van der Waals surface area contributed by atoms with Crippen molar-refractivity contribution in [1.29, 1.82) is 0 Å². The predicted molar refractivity (Wildman–Crippen MR) is 48.4 cm³/mol. The van der Waals surface area contributed by atoms with Crippen LogP contribution in [-0.2, 0) is 14.2 Å². The van der Waals surface area contributed by atoms with Crippen LogP contribution in [0.3, 0.4) is 0 Å². The van der Waals surface area contributed by atoms with Crippen molar-refractivity contribution in [3.8, 4) is 0 Å². The first-order valence-electron chi connectivity index (χ1n) is 3.93. The Labute approximate surface area is 78.2 Å². The third-order valence-corrected chi connectivity index (χ3v) is 1.73. The quantitative estimate of drug-likeness (QED) is 0.655. The second-order valence-electron chi connectivity index (χ2n) is 2.46. The first-order chi connectivity index (χ1) is 6.33. The van der Waals surface area contributed by atoms with Crippen molar-refractivity contribution in [2.45, 2.75) is 6.29 Å². The average Bonchev–Trinajstić information content (AvgIpc) is 2.20. The molecule has 0 saturated carbocycles. The van der Waals surface area contributed by atoms with E-state index >= 15 is 0 Å². The Morgan fingerprint density at radius 2 is 1.92 bits per heavy atom. The lowest BCUT2D eigenvalue weighted by Crippen LogP contribution is -2.35. The van der Waals surface area contributed by atoms with E-state index in [1.54, 1.807) is 27.5 Å². The first kappa shape index (κ1) is 10.1. The van der Waals surface area contributed by atoms with E-state index in [1.807, 2.05) is 12.2 Å². The number of allylic oxidation sites excluding steroid dienone is 2. The van der Waals surface area contributed by atoms with Gasteiger partial charge in [0.15, 0.2) is 12.3 Å². The maximum atomic E-state index is 5.14. The fourth-order valence-electron chi connectivity index (χ4n) is 1.13. The fraction of sp³-hybridized carbons (Fsp3) is 0.444. The Kier molecular flexibility index (Phi) is 3.79. The maximum absolute atomic E-state index is 5.14. The van der Waals surface area contributed by atoms with E-state index in [0.29, 0.717) is 0 Å². The summed E-state index contributed by atoms with van der Waals surface area (Å²) in [4.78, 5) is 0. The molecule has 0 aromatic carbocycles. The summed E-state index contributed by atoms with van der Waals surface area (Å²) in [6.07, 6.45) is 5.07. The molecule has 0 aromatic heterocycles. The average molecular weight is 184 g/mol. The molecule has 1 aliphatic rings. The minimum absolute atomic E-state index is 0.420. The molecule has 1 heterocycles. The molecule has 73 valence electrons. The van der Waals surface area contributed by atoms with Gasteiger partial charge in [-0.05, 0) is 18.4 Å². The maximum Gasteiger partial charge on any atom is 0.190 e. The van der Waals surface area contributed by atoms with Crippen LogP contribution in [-0.4, -0.2) is 27.6 Å². The predicted octanol–water partition coefficient (Wildman–Crippen LogP) is 0.784. The minimum atomic E-state index is -0.420. The first-order valence-corrected chi connectivity index (χ1v) is 3.93. The normalized spacial score (nSPS) is 17.1. The summed E-state index contributed by atoms with van der Waals surface area (Å²) in [5.41, 5.74) is 0. The highest BCUT2D eigenvalue weighted by atomic mass is 16.7. The van der Waals surface area contributed by atoms with Gasteiger partial charge in [0, 0.05) is 14.2 Å². The van der Waals surface area contributed by atoms with Gasteiger partial charge in [0.1, 0.15) is 5.76 Å². The number of methoxy groups -OCH3 is 3. The lowest BCUT2D eigenvalue weighted by molar-refractivity contribution is -0.0955. The zero-order chi connectivity index (χ0) is 9.68. The molecule has 0 fully saturated rings. The van der Waals surface area contributed by atoms with Gasteiger partial charge in [0.05, 0.1) is 7.11 Å². The molecule has 4 nitrogen and oxygen atoms in total. The summed E-state index contributed by atoms with van der Waals surface area (Å²) in [5, 5.41) is 3.01. The Balaban J connectivity index is 2.68. The van der Waals surface area contributed by atoms with Crippen LogP contribution in [0, 0.1) is 6.04 Å². The van der Waals surface area contributed by atoms with Gasteiger partial charge in [-0.2, -0.15) is 0 Å². The Morgan fingerprint density at radius 1 is 1.23 bits per heavy atom. The van der Waals surface area contributed by atoms with Crippen LogP contribution < -0.4 is 5.32 Å². The molecule has 0 spiro atoms. The molecule has 13 heavy (non-hydrogen) atoms. The van der Waals surface area contributed by atoms with Crippen molar-refractivity contribution in [3.05, 3.63) is 30.2 Å². The highest BCUT2D eigenvalue weighted by molar-refractivity contribution is 5.28. The summed E-state index contributed by atoms with van der Waals surface area (Å²) in [7, 11) is 4.76. The van der Waals surface area contributed by atoms with Crippen molar-refractivity contribution in [1.82, 2.24) is 5.32 Å². The van der Waals surface area contributed by atoms with E-state index in [1.165, 1.54) is 0 Å². The van der Waals surface area contributed by atoms with E-state index in [-0.39, 0.29) is 0 Å². The van der Waals surface area contributed by atoms with Crippen molar-refractivity contribution in [2.24, 2.45) is 0 Å². The SMILES string of the molecule is COC1=CC=CN[C]1C(OC)OC. The van der Waals surface area contributed by atoms with Crippen molar-refractivity contribution < 1.29 is 14.2 Å². The Bertz CT molecular complexity index is 209. The molecule has 0 aliphatic carbocycles. The molecular weight excluding hydrogens is 170 g/mol. The molecular formula is C9H14NO3. The third-order valence-electron chi connectivity index (χ3n) is 1.73. The Morgan fingerprint density at radius 3 is 2.46 bits per heavy atom. The van der Waals surface area contributed by atoms with Gasteiger partial charge < -0.3 is 19.5 Å². The van der Waals surface area contributed by atoms with Gasteiger partial charge in [-0.25, -0.2) is 0 Å². The van der Waals surface area contributed by atoms with E-state index in [0.717, 1.165) is 11.8 Å². The van der Waals surface area contributed by atoms with E-state index in [9.17, 15) is 0 Å². The third kappa shape index (κ3) is 2.23. The molecule has 0 bridgehead atoms. The van der Waals surface area contributed by atoms with Crippen LogP contribution in [0.25, 0.3) is 0 Å². The van der Waals surface area contributed by atoms with E-state index in [4.69, 9.17) is 14.2 Å². The second kappa shape index (κ2) is 4.89. The van der Waals surface area contributed by atoms with Gasteiger partial charge in [-0.1, -0.05) is 0 Å². The summed E-state index contributed by atoms with van der Waals surface area (Å²) in [6, 6.07) is 0.773. The summed E-state index contributed by atoms with van der Waals surface area (Å²) < 4.78 is 15.3. The molecule has 0 atom stereocenters. The highest BCUT2D eigenvalue weighted by Gasteiger charge is 2.27. The molecule has 1 radical (unpaired) electrons. The summed E-state index contributed by atoms with van der Waals surface area (Å²) >= 11 is 0. The van der Waals surface area contributed by atoms with Crippen LogP contribution in [0.5, 0.6) is 0 Å². The second-order valence-corrected chi connectivity index (χ2v) is 2.46. The number of dihydropyridines is 1. The van der Waals surface area contributed by atoms with Crippen LogP contribution in [0.15, 0.2) is 24.1 Å². The standard InChI is InChI=1S/C9H14NO3/c1-11-7-5-4-6-10-8(7)9(12-2)13-3/h4-6,9-10H,1-3H3. The lowest BCUT2D eigenvalue weighted by atomic mass is 10.2. The van der Waals surface area contributed by atoms with E-state index < -0.39 is 6.29 Å². The van der Waals surface area contributed by atoms with E-state index in [2.05, 4.69) is 5.32 Å². The zero-order valence-electron chi connectivity index (χ0n) is 8.03. The topological polar surface area (TPSA) is 39.7 Å². The van der Waals surface area contributed by atoms with Gasteiger partial charge in [0.25, 0.3) is 0 Å². The fourth-order valence-corrected chi connectivity index (χ4v) is 1.13. The number of nitrogens with one attached hydrogen (secondary N) is 1. The molecule has 0 aromatic rings. The van der Waals surface area contributed by atoms with Crippen LogP contribution in [0.1, 0.15) is 0 Å². The summed E-state index contributed by atoms with van der Waals surface area (Å²) in [5.74, 6) is 0.719. The smallest absolute Gasteiger partial charge is 0.190 e. The molecule has 1 aliphatic heterocycles. The molecule has 1 rings (SSSR count). The molecule has 4 heteroatoms.